The summed E-state index contributed by atoms with van der Waals surface area (Å²) in [5.41, 5.74) is 10.8. The van der Waals surface area contributed by atoms with Crippen LogP contribution in [0.4, 0.5) is 11.4 Å². The van der Waals surface area contributed by atoms with Crippen LogP contribution in [-0.2, 0) is 4.84 Å². The van der Waals surface area contributed by atoms with E-state index in [1.165, 1.54) is 0 Å². The molecular weight excluding hydrogens is 328 g/mol. The van der Waals surface area contributed by atoms with Crippen molar-refractivity contribution >= 4 is 27.9 Å². The van der Waals surface area contributed by atoms with Crippen LogP contribution in [0.3, 0.4) is 0 Å². The van der Waals surface area contributed by atoms with Crippen molar-refractivity contribution in [1.82, 2.24) is 10.2 Å². The SMILES string of the molecule is CC1CCC=C(c2ccc3c(N)cnnc3c2)c2ccccc2N(O)O1. The third kappa shape index (κ3) is 3.00. The molecular formula is C20H20N4O2. The molecule has 1 unspecified atom stereocenters. The molecule has 132 valence electrons. The van der Waals surface area contributed by atoms with Crippen molar-refractivity contribution in [2.45, 2.75) is 25.9 Å². The Morgan fingerprint density at radius 1 is 1.23 bits per heavy atom. The summed E-state index contributed by atoms with van der Waals surface area (Å²) in [7, 11) is 0. The van der Waals surface area contributed by atoms with Gasteiger partial charge in [-0.1, -0.05) is 30.3 Å². The summed E-state index contributed by atoms with van der Waals surface area (Å²) in [5, 5.41) is 20.3. The highest BCUT2D eigenvalue weighted by Gasteiger charge is 2.19. The van der Waals surface area contributed by atoms with E-state index in [2.05, 4.69) is 16.3 Å². The number of para-hydroxylation sites is 1. The van der Waals surface area contributed by atoms with Gasteiger partial charge in [0.15, 0.2) is 0 Å². The molecule has 0 saturated carbocycles. The zero-order chi connectivity index (χ0) is 18.1. The Bertz CT molecular complexity index is 986. The molecule has 3 aromatic rings. The molecule has 26 heavy (non-hydrogen) atoms. The quantitative estimate of drug-likeness (QED) is 0.692. The highest BCUT2D eigenvalue weighted by molar-refractivity contribution is 5.94. The standard InChI is InChI=1S/C20H20N4O2/c1-13-5-4-7-15(16-6-2-3-8-20(16)24(25)26-13)14-9-10-17-18(21)12-22-23-19(17)11-14/h2-3,6-13,25H,4-5H2,1H3,(H2,21,23). The van der Waals surface area contributed by atoms with Crippen molar-refractivity contribution in [3.8, 4) is 0 Å². The molecule has 1 aliphatic heterocycles. The van der Waals surface area contributed by atoms with Gasteiger partial charge in [-0.05, 0) is 49.1 Å². The number of hydrogen-bond donors (Lipinski definition) is 2. The molecule has 0 radical (unpaired) electrons. The van der Waals surface area contributed by atoms with E-state index >= 15 is 0 Å². The Morgan fingerprint density at radius 2 is 2.08 bits per heavy atom. The van der Waals surface area contributed by atoms with E-state index in [4.69, 9.17) is 10.6 Å². The van der Waals surface area contributed by atoms with Crippen molar-refractivity contribution in [1.29, 1.82) is 0 Å². The molecule has 2 aromatic carbocycles. The van der Waals surface area contributed by atoms with Crippen LogP contribution in [0.25, 0.3) is 16.5 Å². The van der Waals surface area contributed by atoms with Gasteiger partial charge in [0, 0.05) is 10.9 Å². The zero-order valence-corrected chi connectivity index (χ0v) is 14.5. The fraction of sp³-hybridized carbons (Fsp3) is 0.200. The van der Waals surface area contributed by atoms with Gasteiger partial charge in [0.2, 0.25) is 0 Å². The molecule has 1 aromatic heterocycles. The molecule has 0 saturated heterocycles. The van der Waals surface area contributed by atoms with Crippen LogP contribution in [0, 0.1) is 0 Å². The molecule has 4 rings (SSSR count). The number of allylic oxidation sites excluding steroid dienone is 1. The summed E-state index contributed by atoms with van der Waals surface area (Å²) >= 11 is 0. The first-order valence-electron chi connectivity index (χ1n) is 8.60. The van der Waals surface area contributed by atoms with Crippen molar-refractivity contribution < 1.29 is 10.0 Å². The second kappa shape index (κ2) is 6.74. The maximum atomic E-state index is 10.4. The van der Waals surface area contributed by atoms with Gasteiger partial charge in [0.25, 0.3) is 0 Å². The number of nitrogens with zero attached hydrogens (tertiary/aromatic N) is 3. The summed E-state index contributed by atoms with van der Waals surface area (Å²) < 4.78 is 0. The smallest absolute Gasteiger partial charge is 0.102 e. The topological polar surface area (TPSA) is 84.5 Å². The van der Waals surface area contributed by atoms with Crippen molar-refractivity contribution in [3.05, 3.63) is 65.9 Å². The van der Waals surface area contributed by atoms with Crippen LogP contribution in [-0.4, -0.2) is 21.5 Å². The maximum absolute atomic E-state index is 10.4. The van der Waals surface area contributed by atoms with E-state index in [1.54, 1.807) is 6.20 Å². The van der Waals surface area contributed by atoms with Crippen LogP contribution in [0.5, 0.6) is 0 Å². The van der Waals surface area contributed by atoms with Gasteiger partial charge in [0.05, 0.1) is 23.5 Å². The van der Waals surface area contributed by atoms with Gasteiger partial charge in [-0.3, -0.25) is 5.21 Å². The average Bonchev–Trinajstić information content (AvgIpc) is 2.70. The number of hydrogen-bond acceptors (Lipinski definition) is 6. The normalized spacial score (nSPS) is 17.8. The fourth-order valence-electron chi connectivity index (χ4n) is 3.24. The molecule has 1 atom stereocenters. The van der Waals surface area contributed by atoms with Crippen molar-refractivity contribution in [2.24, 2.45) is 0 Å². The lowest BCUT2D eigenvalue weighted by Crippen LogP contribution is -2.25. The lowest BCUT2D eigenvalue weighted by molar-refractivity contribution is -0.0794. The average molecular weight is 348 g/mol. The van der Waals surface area contributed by atoms with Crippen molar-refractivity contribution in [3.63, 3.8) is 0 Å². The monoisotopic (exact) mass is 348 g/mol. The van der Waals surface area contributed by atoms with Gasteiger partial charge in [-0.2, -0.15) is 10.2 Å². The summed E-state index contributed by atoms with van der Waals surface area (Å²) in [6, 6.07) is 13.6. The minimum absolute atomic E-state index is 0.0917. The second-order valence-corrected chi connectivity index (χ2v) is 6.43. The molecule has 3 N–H and O–H groups in total. The largest absolute Gasteiger partial charge is 0.397 e. The molecule has 1 aliphatic rings. The maximum Gasteiger partial charge on any atom is 0.102 e. The first-order chi connectivity index (χ1) is 12.6. The van der Waals surface area contributed by atoms with E-state index in [-0.39, 0.29) is 6.10 Å². The molecule has 0 amide bonds. The number of rotatable bonds is 1. The van der Waals surface area contributed by atoms with Gasteiger partial charge >= 0.3 is 0 Å². The predicted molar refractivity (Wildman–Crippen MR) is 102 cm³/mol. The summed E-state index contributed by atoms with van der Waals surface area (Å²) in [6.45, 7) is 1.94. The van der Waals surface area contributed by atoms with Crippen LogP contribution < -0.4 is 11.0 Å². The lowest BCUT2D eigenvalue weighted by Gasteiger charge is -2.22. The van der Waals surface area contributed by atoms with Crippen LogP contribution in [0.1, 0.15) is 30.9 Å². The van der Waals surface area contributed by atoms with Crippen LogP contribution in [0.2, 0.25) is 0 Å². The Morgan fingerprint density at radius 3 is 2.96 bits per heavy atom. The molecule has 6 heteroatoms. The highest BCUT2D eigenvalue weighted by atomic mass is 16.9. The van der Waals surface area contributed by atoms with Gasteiger partial charge in [0.1, 0.15) is 5.69 Å². The van der Waals surface area contributed by atoms with Gasteiger partial charge < -0.3 is 5.73 Å². The first-order valence-corrected chi connectivity index (χ1v) is 8.60. The summed E-state index contributed by atoms with van der Waals surface area (Å²) in [5.74, 6) is 0. The number of nitrogen functional groups attached to an aromatic ring is 1. The number of anilines is 2. The number of fused-ring (bicyclic) bond motifs is 2. The zero-order valence-electron chi connectivity index (χ0n) is 14.5. The van der Waals surface area contributed by atoms with E-state index in [0.717, 1.165) is 45.7 Å². The number of benzene rings is 2. The molecule has 0 bridgehead atoms. The number of nitrogens with two attached hydrogens (primary N) is 1. The second-order valence-electron chi connectivity index (χ2n) is 6.43. The Labute approximate surface area is 151 Å². The number of aromatic nitrogens is 2. The lowest BCUT2D eigenvalue weighted by atomic mass is 9.94. The Balaban J connectivity index is 1.89. The molecule has 0 aliphatic carbocycles. The molecule has 0 spiro atoms. The van der Waals surface area contributed by atoms with Crippen molar-refractivity contribution in [2.75, 3.05) is 11.0 Å². The van der Waals surface area contributed by atoms with E-state index in [1.807, 2.05) is 49.4 Å². The molecule has 2 heterocycles. The third-order valence-electron chi connectivity index (χ3n) is 4.58. The fourth-order valence-corrected chi connectivity index (χ4v) is 3.24. The summed E-state index contributed by atoms with van der Waals surface area (Å²) in [6.07, 6.45) is 5.28. The van der Waals surface area contributed by atoms with Crippen LogP contribution in [0.15, 0.2) is 54.7 Å². The summed E-state index contributed by atoms with van der Waals surface area (Å²) in [4.78, 5) is 5.58. The Kier molecular flexibility index (Phi) is 4.28. The van der Waals surface area contributed by atoms with E-state index in [0.29, 0.717) is 11.4 Å². The highest BCUT2D eigenvalue weighted by Crippen LogP contribution is 2.35. The van der Waals surface area contributed by atoms with Gasteiger partial charge in [-0.25, -0.2) is 4.84 Å². The van der Waals surface area contributed by atoms with Gasteiger partial charge in [-0.15, -0.1) is 5.23 Å². The molecule has 6 nitrogen and oxygen atoms in total. The first kappa shape index (κ1) is 16.5. The third-order valence-corrected chi connectivity index (χ3v) is 4.58. The van der Waals surface area contributed by atoms with E-state index in [9.17, 15) is 5.21 Å². The van der Waals surface area contributed by atoms with Crippen LogP contribution >= 0.6 is 0 Å². The molecule has 0 fully saturated rings. The minimum atomic E-state index is -0.0917. The van der Waals surface area contributed by atoms with E-state index < -0.39 is 0 Å². The minimum Gasteiger partial charge on any atom is -0.397 e. The predicted octanol–water partition coefficient (Wildman–Crippen LogP) is 3.95. The Hall–Kier alpha value is -2.96.